The van der Waals surface area contributed by atoms with Crippen molar-refractivity contribution < 1.29 is 9.90 Å². The average Bonchev–Trinajstić information content (AvgIpc) is 3.07. The van der Waals surface area contributed by atoms with Crippen LogP contribution in [0.15, 0.2) is 36.7 Å². The fourth-order valence-corrected chi connectivity index (χ4v) is 2.05. The molecule has 3 aromatic rings. The summed E-state index contributed by atoms with van der Waals surface area (Å²) >= 11 is 0. The first-order valence-corrected chi connectivity index (χ1v) is 6.22. The summed E-state index contributed by atoms with van der Waals surface area (Å²) in [6.45, 7) is 0.293. The Hall–Kier alpha value is -3.03. The van der Waals surface area contributed by atoms with Gasteiger partial charge in [0.1, 0.15) is 24.4 Å². The molecule has 0 aliphatic heterocycles. The van der Waals surface area contributed by atoms with Gasteiger partial charge in [-0.1, -0.05) is 35.5 Å². The number of benzene rings is 1. The molecule has 0 bridgehead atoms. The van der Waals surface area contributed by atoms with E-state index in [1.807, 2.05) is 30.3 Å². The molecule has 2 heterocycles. The molecule has 1 aromatic carbocycles. The van der Waals surface area contributed by atoms with Gasteiger partial charge in [-0.3, -0.25) is 4.68 Å². The van der Waals surface area contributed by atoms with Crippen LogP contribution in [0, 0.1) is 0 Å². The van der Waals surface area contributed by atoms with Crippen molar-refractivity contribution in [1.29, 1.82) is 0 Å². The molecule has 0 amide bonds. The third kappa shape index (κ3) is 2.38. The Morgan fingerprint density at radius 2 is 2.05 bits per heavy atom. The molecule has 2 aromatic heterocycles. The van der Waals surface area contributed by atoms with E-state index in [1.165, 1.54) is 11.0 Å². The molecule has 0 fully saturated rings. The maximum Gasteiger partial charge on any atom is 0.358 e. The summed E-state index contributed by atoms with van der Waals surface area (Å²) in [4.78, 5) is 15.4. The van der Waals surface area contributed by atoms with Gasteiger partial charge in [0, 0.05) is 12.6 Å². The van der Waals surface area contributed by atoms with Crippen molar-refractivity contribution >= 4 is 5.97 Å². The smallest absolute Gasteiger partial charge is 0.358 e. The molecule has 0 spiro atoms. The number of carboxylic acids is 1. The van der Waals surface area contributed by atoms with E-state index in [1.54, 1.807) is 11.7 Å². The fraction of sp³-hybridized carbons (Fsp3) is 0.154. The van der Waals surface area contributed by atoms with Crippen LogP contribution in [0.5, 0.6) is 0 Å². The standard InChI is InChI=1S/C13H12N6O2/c1-18-10(14-8-15-18)7-19-12(9-5-3-2-4-6-9)11(13(20)21)16-17-19/h2-6,8H,7H2,1H3,(H,20,21). The largest absolute Gasteiger partial charge is 0.476 e. The first kappa shape index (κ1) is 13.0. The lowest BCUT2D eigenvalue weighted by Crippen LogP contribution is -2.10. The van der Waals surface area contributed by atoms with E-state index in [4.69, 9.17) is 0 Å². The third-order valence-corrected chi connectivity index (χ3v) is 3.08. The van der Waals surface area contributed by atoms with Crippen molar-refractivity contribution in [2.45, 2.75) is 6.54 Å². The number of rotatable bonds is 4. The van der Waals surface area contributed by atoms with Crippen LogP contribution in [-0.4, -0.2) is 40.8 Å². The zero-order valence-electron chi connectivity index (χ0n) is 11.2. The Labute approximate surface area is 119 Å². The SMILES string of the molecule is Cn1ncnc1Cn1nnc(C(=O)O)c1-c1ccccc1. The monoisotopic (exact) mass is 284 g/mol. The number of hydrogen-bond donors (Lipinski definition) is 1. The number of carbonyl (C=O) groups is 1. The van der Waals surface area contributed by atoms with Crippen molar-refractivity contribution in [3.8, 4) is 11.3 Å². The van der Waals surface area contributed by atoms with Crippen LogP contribution >= 0.6 is 0 Å². The van der Waals surface area contributed by atoms with Crippen LogP contribution in [0.3, 0.4) is 0 Å². The molecule has 21 heavy (non-hydrogen) atoms. The zero-order chi connectivity index (χ0) is 14.8. The summed E-state index contributed by atoms with van der Waals surface area (Å²) in [5, 5.41) is 20.9. The lowest BCUT2D eigenvalue weighted by Gasteiger charge is -2.06. The molecule has 0 atom stereocenters. The second-order valence-electron chi connectivity index (χ2n) is 4.42. The van der Waals surface area contributed by atoms with Crippen LogP contribution in [0.1, 0.15) is 16.3 Å². The van der Waals surface area contributed by atoms with Crippen LogP contribution in [0.2, 0.25) is 0 Å². The normalized spacial score (nSPS) is 10.7. The van der Waals surface area contributed by atoms with Gasteiger partial charge < -0.3 is 5.11 Å². The first-order chi connectivity index (χ1) is 10.2. The molecule has 0 unspecified atom stereocenters. The topological polar surface area (TPSA) is 98.7 Å². The molecule has 0 aliphatic rings. The number of hydrogen-bond acceptors (Lipinski definition) is 5. The van der Waals surface area contributed by atoms with E-state index in [2.05, 4.69) is 20.4 Å². The molecule has 1 N–H and O–H groups in total. The maximum atomic E-state index is 11.3. The van der Waals surface area contributed by atoms with Crippen molar-refractivity contribution in [2.24, 2.45) is 7.05 Å². The Balaban J connectivity index is 2.09. The van der Waals surface area contributed by atoms with E-state index in [0.717, 1.165) is 5.56 Å². The summed E-state index contributed by atoms with van der Waals surface area (Å²) < 4.78 is 3.12. The number of aromatic carboxylic acids is 1. The van der Waals surface area contributed by atoms with Gasteiger partial charge in [-0.05, 0) is 0 Å². The molecule has 0 radical (unpaired) electrons. The summed E-state index contributed by atoms with van der Waals surface area (Å²) in [5.74, 6) is -0.452. The van der Waals surface area contributed by atoms with E-state index in [-0.39, 0.29) is 5.69 Å². The van der Waals surface area contributed by atoms with Gasteiger partial charge in [0.2, 0.25) is 0 Å². The van der Waals surface area contributed by atoms with Crippen molar-refractivity contribution in [2.75, 3.05) is 0 Å². The Morgan fingerprint density at radius 3 is 2.67 bits per heavy atom. The minimum Gasteiger partial charge on any atom is -0.476 e. The first-order valence-electron chi connectivity index (χ1n) is 6.22. The quantitative estimate of drug-likeness (QED) is 0.761. The molecular formula is C13H12N6O2. The number of aromatic nitrogens is 6. The van der Waals surface area contributed by atoms with E-state index in [0.29, 0.717) is 18.1 Å². The van der Waals surface area contributed by atoms with E-state index < -0.39 is 5.97 Å². The van der Waals surface area contributed by atoms with Crippen molar-refractivity contribution in [3.05, 3.63) is 48.2 Å². The minimum atomic E-state index is -1.11. The molecular weight excluding hydrogens is 272 g/mol. The number of carboxylic acid groups (broad SMARTS) is 1. The highest BCUT2D eigenvalue weighted by molar-refractivity contribution is 5.92. The van der Waals surface area contributed by atoms with E-state index in [9.17, 15) is 9.90 Å². The number of aryl methyl sites for hydroxylation is 1. The van der Waals surface area contributed by atoms with Gasteiger partial charge in [0.05, 0.1) is 0 Å². The summed E-state index contributed by atoms with van der Waals surface area (Å²) in [5.41, 5.74) is 1.11. The second-order valence-corrected chi connectivity index (χ2v) is 4.42. The lowest BCUT2D eigenvalue weighted by atomic mass is 10.1. The van der Waals surface area contributed by atoms with Gasteiger partial charge in [-0.25, -0.2) is 14.5 Å². The average molecular weight is 284 g/mol. The zero-order valence-corrected chi connectivity index (χ0v) is 11.2. The Kier molecular flexibility index (Phi) is 3.19. The highest BCUT2D eigenvalue weighted by atomic mass is 16.4. The predicted octanol–water partition coefficient (Wildman–Crippen LogP) is 0.820. The summed E-state index contributed by atoms with van der Waals surface area (Å²) in [7, 11) is 1.76. The van der Waals surface area contributed by atoms with Gasteiger partial charge in [0.15, 0.2) is 5.69 Å². The van der Waals surface area contributed by atoms with Gasteiger partial charge in [-0.15, -0.1) is 5.10 Å². The predicted molar refractivity (Wildman–Crippen MR) is 72.5 cm³/mol. The molecule has 0 saturated heterocycles. The summed E-state index contributed by atoms with van der Waals surface area (Å²) in [6.07, 6.45) is 1.44. The third-order valence-electron chi connectivity index (χ3n) is 3.08. The lowest BCUT2D eigenvalue weighted by molar-refractivity contribution is 0.0691. The highest BCUT2D eigenvalue weighted by Crippen LogP contribution is 2.22. The van der Waals surface area contributed by atoms with Crippen LogP contribution in [0.4, 0.5) is 0 Å². The summed E-state index contributed by atoms with van der Waals surface area (Å²) in [6, 6.07) is 9.17. The number of nitrogens with zero attached hydrogens (tertiary/aromatic N) is 6. The maximum absolute atomic E-state index is 11.3. The van der Waals surface area contributed by atoms with Crippen molar-refractivity contribution in [1.82, 2.24) is 29.8 Å². The minimum absolute atomic E-state index is 0.0802. The van der Waals surface area contributed by atoms with Crippen molar-refractivity contribution in [3.63, 3.8) is 0 Å². The van der Waals surface area contributed by atoms with Crippen LogP contribution in [0.25, 0.3) is 11.3 Å². The van der Waals surface area contributed by atoms with Gasteiger partial charge in [-0.2, -0.15) is 5.10 Å². The van der Waals surface area contributed by atoms with Gasteiger partial charge in [0.25, 0.3) is 0 Å². The van der Waals surface area contributed by atoms with Crippen LogP contribution < -0.4 is 0 Å². The van der Waals surface area contributed by atoms with E-state index >= 15 is 0 Å². The van der Waals surface area contributed by atoms with Gasteiger partial charge >= 0.3 is 5.97 Å². The molecule has 106 valence electrons. The molecule has 3 rings (SSSR count). The highest BCUT2D eigenvalue weighted by Gasteiger charge is 2.21. The Morgan fingerprint density at radius 1 is 1.29 bits per heavy atom. The molecule has 8 nitrogen and oxygen atoms in total. The fourth-order valence-electron chi connectivity index (χ4n) is 2.05. The molecule has 0 aliphatic carbocycles. The van der Waals surface area contributed by atoms with Crippen LogP contribution in [-0.2, 0) is 13.6 Å². The Bertz CT molecular complexity index is 777. The molecule has 0 saturated carbocycles. The second kappa shape index (κ2) is 5.16. The molecule has 8 heteroatoms.